The van der Waals surface area contributed by atoms with E-state index in [9.17, 15) is 0 Å². The van der Waals surface area contributed by atoms with Crippen LogP contribution in [-0.2, 0) is 37.9 Å². The molecule has 2 nitrogen and oxygen atoms in total. The molecule has 0 amide bonds. The number of fused-ring (bicyclic) bond motifs is 14. The van der Waals surface area contributed by atoms with Gasteiger partial charge in [0.1, 0.15) is 0 Å². The Morgan fingerprint density at radius 1 is 0.343 bits per heavy atom. The normalized spacial score (nSPS) is 15.7. The van der Waals surface area contributed by atoms with Crippen molar-refractivity contribution in [3.63, 3.8) is 0 Å². The Morgan fingerprint density at radius 2 is 0.743 bits per heavy atom. The Kier molecular flexibility index (Phi) is 8.20. The van der Waals surface area contributed by atoms with Gasteiger partial charge in [-0.1, -0.05) is 191 Å². The largest absolute Gasteiger partial charge is 0.310 e. The smallest absolute Gasteiger partial charge is 0.252 e. The summed E-state index contributed by atoms with van der Waals surface area (Å²) in [6.45, 7) is 43.1. The van der Waals surface area contributed by atoms with E-state index in [0.29, 0.717) is 0 Å². The van der Waals surface area contributed by atoms with Gasteiger partial charge in [-0.05, 0) is 152 Å². The summed E-state index contributed by atoms with van der Waals surface area (Å²) in [7, 11) is 0. The van der Waals surface area contributed by atoms with Crippen LogP contribution in [0.15, 0.2) is 103 Å². The maximum absolute atomic E-state index is 2.81. The average molecular weight is 915 g/mol. The molecule has 13 rings (SSSR count). The lowest BCUT2D eigenvalue weighted by atomic mass is 9.33. The summed E-state index contributed by atoms with van der Waals surface area (Å²) < 4.78 is 5.50. The molecular weight excluding hydrogens is 844 g/mol. The SMILES string of the molecule is CC(C)(C)c1ccc2c(c1)C1(c3cc(C(C)(C)C)ccc3-2)c2ccc3c4c2-n2c5c(cc(C(C)(C)C)cc5c5cc(C(C)(C)C)cc1c52)B4c1cc(C(C)(C)C)cc2c4cc(C(C)(C)C)ccc4n-3c12. The van der Waals surface area contributed by atoms with Crippen molar-refractivity contribution < 1.29 is 0 Å². The van der Waals surface area contributed by atoms with Crippen molar-refractivity contribution in [2.45, 2.75) is 163 Å². The molecule has 0 radical (unpaired) electrons. The third kappa shape index (κ3) is 5.48. The van der Waals surface area contributed by atoms with Gasteiger partial charge in [0.15, 0.2) is 0 Å². The number of hydrogen-bond donors (Lipinski definition) is 0. The number of benzene rings is 7. The van der Waals surface area contributed by atoms with Crippen LogP contribution in [0.2, 0.25) is 0 Å². The van der Waals surface area contributed by atoms with E-state index in [1.54, 1.807) is 0 Å². The third-order valence-electron chi connectivity index (χ3n) is 17.6. The molecule has 0 saturated carbocycles. The third-order valence-corrected chi connectivity index (χ3v) is 17.6. The van der Waals surface area contributed by atoms with Gasteiger partial charge >= 0.3 is 0 Å². The molecule has 0 fully saturated rings. The Hall–Kier alpha value is -5.80. The van der Waals surface area contributed by atoms with Crippen molar-refractivity contribution in [3.8, 4) is 22.5 Å². The van der Waals surface area contributed by atoms with Gasteiger partial charge in [-0.15, -0.1) is 0 Å². The van der Waals surface area contributed by atoms with Crippen molar-refractivity contribution in [2.75, 3.05) is 0 Å². The first-order chi connectivity index (χ1) is 32.5. The number of aromatic nitrogens is 2. The van der Waals surface area contributed by atoms with Gasteiger partial charge in [0.05, 0.1) is 16.4 Å². The van der Waals surface area contributed by atoms with Gasteiger partial charge in [0.25, 0.3) is 6.71 Å². The fraction of sp³-hybridized carbons (Fsp3) is 0.373. The highest BCUT2D eigenvalue weighted by molar-refractivity contribution is 7.00. The van der Waals surface area contributed by atoms with Gasteiger partial charge in [-0.3, -0.25) is 0 Å². The van der Waals surface area contributed by atoms with E-state index in [1.807, 2.05) is 0 Å². The van der Waals surface area contributed by atoms with Crippen LogP contribution in [0.25, 0.3) is 66.1 Å². The second-order valence-corrected chi connectivity index (χ2v) is 28.3. The van der Waals surface area contributed by atoms with E-state index < -0.39 is 5.41 Å². The molecular formula is C67H71BN2. The lowest BCUT2D eigenvalue weighted by molar-refractivity contribution is 0.583. The molecule has 7 aromatic carbocycles. The zero-order chi connectivity index (χ0) is 49.7. The predicted molar refractivity (Wildman–Crippen MR) is 303 cm³/mol. The van der Waals surface area contributed by atoms with E-state index in [4.69, 9.17) is 0 Å². The van der Waals surface area contributed by atoms with Crippen molar-refractivity contribution in [3.05, 3.63) is 159 Å². The van der Waals surface area contributed by atoms with E-state index in [1.165, 1.54) is 138 Å². The maximum Gasteiger partial charge on any atom is 0.252 e. The molecule has 1 spiro atoms. The van der Waals surface area contributed by atoms with Crippen LogP contribution in [0.5, 0.6) is 0 Å². The summed E-state index contributed by atoms with van der Waals surface area (Å²) in [5.74, 6) is 0. The second kappa shape index (κ2) is 13.0. The topological polar surface area (TPSA) is 9.86 Å². The summed E-state index contributed by atoms with van der Waals surface area (Å²) >= 11 is 0. The van der Waals surface area contributed by atoms with Crippen LogP contribution in [0.3, 0.4) is 0 Å². The molecule has 0 atom stereocenters. The number of rotatable bonds is 0. The molecule has 4 aliphatic rings. The highest BCUT2D eigenvalue weighted by Gasteiger charge is 2.55. The van der Waals surface area contributed by atoms with Gasteiger partial charge in [0, 0.05) is 44.0 Å². The predicted octanol–water partition coefficient (Wildman–Crippen LogP) is 15.5. The molecule has 5 heterocycles. The lowest BCUT2D eigenvalue weighted by Crippen LogP contribution is -2.60. The molecule has 352 valence electrons. The lowest BCUT2D eigenvalue weighted by Gasteiger charge is -2.45. The van der Waals surface area contributed by atoms with E-state index >= 15 is 0 Å². The molecule has 9 aromatic rings. The van der Waals surface area contributed by atoms with Crippen LogP contribution >= 0.6 is 0 Å². The summed E-state index contributed by atoms with van der Waals surface area (Å²) in [6, 6.07) is 43.3. The van der Waals surface area contributed by atoms with Gasteiger partial charge in [-0.25, -0.2) is 0 Å². The van der Waals surface area contributed by atoms with Crippen molar-refractivity contribution >= 4 is 66.7 Å². The summed E-state index contributed by atoms with van der Waals surface area (Å²) in [5.41, 5.74) is 28.4. The van der Waals surface area contributed by atoms with Crippen LogP contribution < -0.4 is 16.4 Å². The summed E-state index contributed by atoms with van der Waals surface area (Å²) in [5, 5.41) is 5.50. The monoisotopic (exact) mass is 915 g/mol. The Bertz CT molecular complexity index is 3810. The standard InChI is InChI=1S/C67H71BN2/c1-61(2,3)36-21-25-54-44(27-36)45-29-40(65(13,14)15)34-52-58(45)69(54)55-26-24-48-60-56(55)68(52)53-35-41(66(16,17)18)30-47-46-28-39(64(10,11)12)33-51(57(46)70(60)59(47)53)67(48)49-31-37(62(4,5)6)19-22-42(49)43-23-20-38(32-50(43)67)63(7,8)9/h19-35H,1-18H3. The summed E-state index contributed by atoms with van der Waals surface area (Å²) in [6.07, 6.45) is 0. The number of hydrogen-bond acceptors (Lipinski definition) is 0. The first-order valence-corrected chi connectivity index (χ1v) is 26.3. The zero-order valence-corrected chi connectivity index (χ0v) is 45.3. The van der Waals surface area contributed by atoms with Crippen molar-refractivity contribution in [1.82, 2.24) is 9.13 Å². The Balaban J connectivity index is 1.32. The minimum atomic E-state index is -0.584. The number of nitrogens with zero attached hydrogens (tertiary/aromatic N) is 2. The molecule has 1 aliphatic carbocycles. The summed E-state index contributed by atoms with van der Waals surface area (Å²) in [4.78, 5) is 0. The van der Waals surface area contributed by atoms with Crippen LogP contribution in [0, 0.1) is 0 Å². The fourth-order valence-electron chi connectivity index (χ4n) is 13.5. The van der Waals surface area contributed by atoms with E-state index in [-0.39, 0.29) is 39.2 Å². The second-order valence-electron chi connectivity index (χ2n) is 28.3. The average Bonchev–Trinajstić information content (AvgIpc) is 3.88. The van der Waals surface area contributed by atoms with Gasteiger partial charge in [0.2, 0.25) is 0 Å². The molecule has 70 heavy (non-hydrogen) atoms. The van der Waals surface area contributed by atoms with Crippen LogP contribution in [0.4, 0.5) is 0 Å². The Morgan fingerprint density at radius 3 is 1.24 bits per heavy atom. The maximum atomic E-state index is 2.81. The minimum absolute atomic E-state index is 0.0196. The minimum Gasteiger partial charge on any atom is -0.310 e. The molecule has 2 aromatic heterocycles. The van der Waals surface area contributed by atoms with Crippen LogP contribution in [-0.4, -0.2) is 15.8 Å². The highest BCUT2D eigenvalue weighted by atomic mass is 15.1. The van der Waals surface area contributed by atoms with Gasteiger partial charge < -0.3 is 9.13 Å². The zero-order valence-electron chi connectivity index (χ0n) is 45.3. The van der Waals surface area contributed by atoms with Crippen molar-refractivity contribution in [2.24, 2.45) is 0 Å². The van der Waals surface area contributed by atoms with E-state index in [0.717, 1.165) is 0 Å². The van der Waals surface area contributed by atoms with Crippen molar-refractivity contribution in [1.29, 1.82) is 0 Å². The fourth-order valence-corrected chi connectivity index (χ4v) is 13.5. The quantitative estimate of drug-likeness (QED) is 0.134. The first kappa shape index (κ1) is 44.2. The van der Waals surface area contributed by atoms with Gasteiger partial charge in [-0.2, -0.15) is 0 Å². The van der Waals surface area contributed by atoms with Crippen LogP contribution in [0.1, 0.15) is 180 Å². The molecule has 3 aliphatic heterocycles. The first-order valence-electron chi connectivity index (χ1n) is 26.3. The molecule has 3 heteroatoms. The molecule has 0 saturated heterocycles. The van der Waals surface area contributed by atoms with E-state index in [2.05, 4.69) is 237 Å². The highest BCUT2D eigenvalue weighted by Crippen LogP contribution is 2.63. The molecule has 0 bridgehead atoms. The molecule has 0 N–H and O–H groups in total. The molecule has 0 unspecified atom stereocenters. The Labute approximate surface area is 417 Å².